The van der Waals surface area contributed by atoms with Gasteiger partial charge in [0.2, 0.25) is 11.8 Å². The molecule has 1 aromatic rings. The minimum absolute atomic E-state index is 0.173. The predicted octanol–water partition coefficient (Wildman–Crippen LogP) is 2.40. The average Bonchev–Trinajstić information content (AvgIpc) is 2.74. The van der Waals surface area contributed by atoms with Crippen molar-refractivity contribution in [2.24, 2.45) is 5.92 Å². The molecular formula is C19H26N2O2. The van der Waals surface area contributed by atoms with Crippen LogP contribution in [0.4, 0.5) is 0 Å². The number of carbonyl (C=O) groups is 2. The minimum Gasteiger partial charge on any atom is -0.341 e. The number of hydrogen-bond donors (Lipinski definition) is 0. The molecule has 1 saturated carbocycles. The molecule has 4 nitrogen and oxygen atoms in total. The Kier molecular flexibility index (Phi) is 4.99. The summed E-state index contributed by atoms with van der Waals surface area (Å²) in [5, 5.41) is 0. The van der Waals surface area contributed by atoms with E-state index in [-0.39, 0.29) is 11.8 Å². The van der Waals surface area contributed by atoms with Crippen molar-refractivity contribution in [2.75, 3.05) is 26.2 Å². The van der Waals surface area contributed by atoms with Crippen molar-refractivity contribution in [3.05, 3.63) is 35.4 Å². The highest BCUT2D eigenvalue weighted by molar-refractivity contribution is 5.80. The maximum atomic E-state index is 12.5. The molecule has 23 heavy (non-hydrogen) atoms. The van der Waals surface area contributed by atoms with Crippen LogP contribution in [-0.4, -0.2) is 47.8 Å². The molecule has 0 unspecified atom stereocenters. The van der Waals surface area contributed by atoms with E-state index in [0.29, 0.717) is 25.4 Å². The molecule has 0 spiro atoms. The van der Waals surface area contributed by atoms with Gasteiger partial charge in [0.05, 0.1) is 6.42 Å². The van der Waals surface area contributed by atoms with Crippen LogP contribution in [0.25, 0.3) is 0 Å². The monoisotopic (exact) mass is 314 g/mol. The molecule has 1 aliphatic carbocycles. The quantitative estimate of drug-likeness (QED) is 0.859. The molecule has 124 valence electrons. The second-order valence-corrected chi connectivity index (χ2v) is 6.85. The van der Waals surface area contributed by atoms with Gasteiger partial charge >= 0.3 is 0 Å². The molecule has 2 amide bonds. The third kappa shape index (κ3) is 3.92. The first kappa shape index (κ1) is 16.0. The van der Waals surface area contributed by atoms with Gasteiger partial charge in [-0.3, -0.25) is 9.59 Å². The number of amides is 2. The Bertz CT molecular complexity index is 563. The van der Waals surface area contributed by atoms with Gasteiger partial charge < -0.3 is 9.80 Å². The van der Waals surface area contributed by atoms with Crippen LogP contribution in [-0.2, 0) is 16.0 Å². The van der Waals surface area contributed by atoms with Crippen LogP contribution in [0.1, 0.15) is 36.8 Å². The fourth-order valence-electron chi connectivity index (χ4n) is 3.29. The maximum absolute atomic E-state index is 12.5. The number of rotatable bonds is 3. The summed E-state index contributed by atoms with van der Waals surface area (Å²) >= 11 is 0. The summed E-state index contributed by atoms with van der Waals surface area (Å²) in [6, 6.07) is 8.14. The van der Waals surface area contributed by atoms with Crippen molar-refractivity contribution in [2.45, 2.75) is 39.0 Å². The van der Waals surface area contributed by atoms with Crippen molar-refractivity contribution in [3.63, 3.8) is 0 Å². The highest BCUT2D eigenvalue weighted by Gasteiger charge is 2.30. The van der Waals surface area contributed by atoms with Gasteiger partial charge in [0, 0.05) is 32.1 Å². The Morgan fingerprint density at radius 2 is 1.61 bits per heavy atom. The van der Waals surface area contributed by atoms with Gasteiger partial charge in [0.25, 0.3) is 0 Å². The molecule has 4 heteroatoms. The van der Waals surface area contributed by atoms with Crippen LogP contribution in [0, 0.1) is 12.8 Å². The molecule has 1 heterocycles. The molecule has 0 aromatic heterocycles. The number of benzene rings is 1. The largest absolute Gasteiger partial charge is 0.341 e. The summed E-state index contributed by atoms with van der Waals surface area (Å²) in [6.07, 6.45) is 4.62. The third-order valence-electron chi connectivity index (χ3n) is 5.09. The fourth-order valence-corrected chi connectivity index (χ4v) is 3.29. The molecule has 0 radical (unpaired) electrons. The number of hydrogen-bond acceptors (Lipinski definition) is 2. The summed E-state index contributed by atoms with van der Waals surface area (Å²) < 4.78 is 0. The van der Waals surface area contributed by atoms with Crippen molar-refractivity contribution < 1.29 is 9.59 Å². The second kappa shape index (κ2) is 7.16. The smallest absolute Gasteiger partial charge is 0.227 e. The first-order chi connectivity index (χ1) is 11.1. The van der Waals surface area contributed by atoms with Gasteiger partial charge in [-0.25, -0.2) is 0 Å². The Hall–Kier alpha value is -1.84. The van der Waals surface area contributed by atoms with Crippen molar-refractivity contribution in [1.82, 2.24) is 9.80 Å². The molecule has 0 bridgehead atoms. The lowest BCUT2D eigenvalue weighted by atomic mass is 9.84. The van der Waals surface area contributed by atoms with E-state index < -0.39 is 0 Å². The SMILES string of the molecule is Cc1ccc(CC(=O)N2CCCN(C(=O)C3CCC3)CC2)cc1. The van der Waals surface area contributed by atoms with E-state index in [1.54, 1.807) is 0 Å². The molecule has 0 atom stereocenters. The molecular weight excluding hydrogens is 288 g/mol. The highest BCUT2D eigenvalue weighted by atomic mass is 16.2. The first-order valence-electron chi connectivity index (χ1n) is 8.75. The van der Waals surface area contributed by atoms with Crippen LogP contribution < -0.4 is 0 Å². The van der Waals surface area contributed by atoms with Gasteiger partial charge in [0.15, 0.2) is 0 Å². The lowest BCUT2D eigenvalue weighted by Gasteiger charge is -2.31. The lowest BCUT2D eigenvalue weighted by Crippen LogP contribution is -2.41. The van der Waals surface area contributed by atoms with Gasteiger partial charge in [-0.2, -0.15) is 0 Å². The molecule has 2 fully saturated rings. The average molecular weight is 314 g/mol. The maximum Gasteiger partial charge on any atom is 0.227 e. The summed E-state index contributed by atoms with van der Waals surface area (Å²) in [7, 11) is 0. The van der Waals surface area contributed by atoms with Crippen LogP contribution in [0.15, 0.2) is 24.3 Å². The summed E-state index contributed by atoms with van der Waals surface area (Å²) in [5.74, 6) is 0.737. The first-order valence-corrected chi connectivity index (χ1v) is 8.75. The number of nitrogens with zero attached hydrogens (tertiary/aromatic N) is 2. The third-order valence-corrected chi connectivity index (χ3v) is 5.09. The molecule has 3 rings (SSSR count). The normalized spacial score (nSPS) is 19.2. The zero-order valence-electron chi connectivity index (χ0n) is 14.0. The van der Waals surface area contributed by atoms with Crippen LogP contribution >= 0.6 is 0 Å². The summed E-state index contributed by atoms with van der Waals surface area (Å²) in [4.78, 5) is 28.8. The van der Waals surface area contributed by atoms with Gasteiger partial charge in [-0.05, 0) is 31.7 Å². The van der Waals surface area contributed by atoms with Crippen molar-refractivity contribution in [1.29, 1.82) is 0 Å². The zero-order valence-corrected chi connectivity index (χ0v) is 14.0. The van der Waals surface area contributed by atoms with E-state index in [1.165, 1.54) is 12.0 Å². The van der Waals surface area contributed by atoms with Crippen LogP contribution in [0.2, 0.25) is 0 Å². The van der Waals surface area contributed by atoms with Crippen LogP contribution in [0.5, 0.6) is 0 Å². The molecule has 1 saturated heterocycles. The minimum atomic E-state index is 0.173. The van der Waals surface area contributed by atoms with Gasteiger partial charge in [0.1, 0.15) is 0 Å². The Morgan fingerprint density at radius 1 is 0.957 bits per heavy atom. The topological polar surface area (TPSA) is 40.6 Å². The number of carbonyl (C=O) groups excluding carboxylic acids is 2. The Balaban J connectivity index is 1.53. The van der Waals surface area contributed by atoms with E-state index in [2.05, 4.69) is 0 Å². The van der Waals surface area contributed by atoms with E-state index >= 15 is 0 Å². The van der Waals surface area contributed by atoms with E-state index in [1.807, 2.05) is 41.0 Å². The van der Waals surface area contributed by atoms with Gasteiger partial charge in [-0.15, -0.1) is 0 Å². The lowest BCUT2D eigenvalue weighted by molar-refractivity contribution is -0.138. The Morgan fingerprint density at radius 3 is 2.26 bits per heavy atom. The summed E-state index contributed by atoms with van der Waals surface area (Å²) in [5.41, 5.74) is 2.27. The van der Waals surface area contributed by atoms with E-state index in [0.717, 1.165) is 37.9 Å². The fraction of sp³-hybridized carbons (Fsp3) is 0.579. The summed E-state index contributed by atoms with van der Waals surface area (Å²) in [6.45, 7) is 4.97. The van der Waals surface area contributed by atoms with E-state index in [4.69, 9.17) is 0 Å². The van der Waals surface area contributed by atoms with Crippen molar-refractivity contribution in [3.8, 4) is 0 Å². The Labute approximate surface area is 138 Å². The molecule has 0 N–H and O–H groups in total. The van der Waals surface area contributed by atoms with Crippen LogP contribution in [0.3, 0.4) is 0 Å². The molecule has 2 aliphatic rings. The second-order valence-electron chi connectivity index (χ2n) is 6.85. The highest BCUT2D eigenvalue weighted by Crippen LogP contribution is 2.28. The zero-order chi connectivity index (χ0) is 16.2. The van der Waals surface area contributed by atoms with Gasteiger partial charge in [-0.1, -0.05) is 36.2 Å². The molecule has 1 aliphatic heterocycles. The standard InChI is InChI=1S/C19H26N2O2/c1-15-6-8-16(9-7-15)14-18(22)20-10-3-11-21(13-12-20)19(23)17-4-2-5-17/h6-9,17H,2-5,10-14H2,1H3. The van der Waals surface area contributed by atoms with E-state index in [9.17, 15) is 9.59 Å². The number of aryl methyl sites for hydroxylation is 1. The molecule has 1 aromatic carbocycles. The van der Waals surface area contributed by atoms with Crippen molar-refractivity contribution >= 4 is 11.8 Å². The predicted molar refractivity (Wildman–Crippen MR) is 90.0 cm³/mol.